The van der Waals surface area contributed by atoms with Gasteiger partial charge in [-0.15, -0.1) is 5.10 Å². The Morgan fingerprint density at radius 1 is 1.19 bits per heavy atom. The third-order valence-electron chi connectivity index (χ3n) is 3.98. The van der Waals surface area contributed by atoms with Crippen molar-refractivity contribution in [2.45, 2.75) is 38.1 Å². The molecule has 3 rings (SSSR count). The van der Waals surface area contributed by atoms with Crippen LogP contribution in [0.2, 0.25) is 0 Å². The first kappa shape index (κ1) is 13.5. The van der Waals surface area contributed by atoms with Crippen molar-refractivity contribution >= 4 is 11.6 Å². The van der Waals surface area contributed by atoms with Crippen molar-refractivity contribution < 1.29 is 0 Å². The molecule has 5 nitrogen and oxygen atoms in total. The molecule has 0 amide bonds. The Bertz CT molecular complexity index is 647. The van der Waals surface area contributed by atoms with Gasteiger partial charge in [0.1, 0.15) is 17.5 Å². The summed E-state index contributed by atoms with van der Waals surface area (Å²) in [5.74, 6) is 0.993. The second-order valence-electron chi connectivity index (χ2n) is 5.45. The number of anilines is 2. The van der Waals surface area contributed by atoms with E-state index in [1.807, 2.05) is 30.3 Å². The van der Waals surface area contributed by atoms with E-state index < -0.39 is 0 Å². The maximum Gasteiger partial charge on any atom is 0.168 e. The minimum absolute atomic E-state index is 0.391. The fraction of sp³-hybridized carbons (Fsp3) is 0.375. The first-order valence-corrected chi connectivity index (χ1v) is 7.40. The maximum atomic E-state index is 9.37. The Kier molecular flexibility index (Phi) is 3.78. The lowest BCUT2D eigenvalue weighted by molar-refractivity contribution is 0.461. The summed E-state index contributed by atoms with van der Waals surface area (Å²) in [7, 11) is 0. The van der Waals surface area contributed by atoms with Crippen molar-refractivity contribution in [3.63, 3.8) is 0 Å². The summed E-state index contributed by atoms with van der Waals surface area (Å²) in [4.78, 5) is 0. The van der Waals surface area contributed by atoms with Gasteiger partial charge in [0.25, 0.3) is 0 Å². The molecule has 3 N–H and O–H groups in total. The van der Waals surface area contributed by atoms with Crippen LogP contribution in [0.1, 0.15) is 37.7 Å². The monoisotopic (exact) mass is 281 g/mol. The zero-order chi connectivity index (χ0) is 14.7. The Morgan fingerprint density at radius 3 is 2.57 bits per heavy atom. The highest BCUT2D eigenvalue weighted by Crippen LogP contribution is 2.27. The third kappa shape index (κ3) is 2.70. The largest absolute Gasteiger partial charge is 0.382 e. The molecule has 0 atom stereocenters. The summed E-state index contributed by atoms with van der Waals surface area (Å²) in [6.07, 6.45) is 6.01. The summed E-state index contributed by atoms with van der Waals surface area (Å²) in [5.41, 5.74) is 7.39. The van der Waals surface area contributed by atoms with E-state index in [0.29, 0.717) is 23.2 Å². The van der Waals surface area contributed by atoms with Crippen molar-refractivity contribution in [3.05, 3.63) is 35.9 Å². The summed E-state index contributed by atoms with van der Waals surface area (Å²) in [6, 6.07) is 12.2. The van der Waals surface area contributed by atoms with Crippen LogP contribution in [0.4, 0.5) is 11.6 Å². The SMILES string of the molecule is N#Cc1c(NC2CCCCC2)nn(-c2ccccc2)c1N. The van der Waals surface area contributed by atoms with Crippen LogP contribution in [0.15, 0.2) is 30.3 Å². The van der Waals surface area contributed by atoms with E-state index >= 15 is 0 Å². The lowest BCUT2D eigenvalue weighted by Crippen LogP contribution is -2.23. The molecule has 1 saturated carbocycles. The quantitative estimate of drug-likeness (QED) is 0.906. The first-order valence-electron chi connectivity index (χ1n) is 7.40. The second-order valence-corrected chi connectivity index (χ2v) is 5.45. The van der Waals surface area contributed by atoms with Gasteiger partial charge in [-0.05, 0) is 25.0 Å². The molecule has 5 heteroatoms. The van der Waals surface area contributed by atoms with Gasteiger partial charge in [-0.1, -0.05) is 37.5 Å². The van der Waals surface area contributed by atoms with Gasteiger partial charge < -0.3 is 11.1 Å². The summed E-state index contributed by atoms with van der Waals surface area (Å²) < 4.78 is 1.63. The van der Waals surface area contributed by atoms with E-state index in [-0.39, 0.29) is 0 Å². The number of hydrogen-bond acceptors (Lipinski definition) is 4. The number of nitriles is 1. The zero-order valence-corrected chi connectivity index (χ0v) is 11.9. The molecule has 0 saturated heterocycles. The molecule has 0 bridgehead atoms. The number of para-hydroxylation sites is 1. The molecular formula is C16H19N5. The molecule has 21 heavy (non-hydrogen) atoms. The van der Waals surface area contributed by atoms with Crippen molar-refractivity contribution in [2.75, 3.05) is 11.1 Å². The van der Waals surface area contributed by atoms with Gasteiger partial charge in [0.15, 0.2) is 5.82 Å². The van der Waals surface area contributed by atoms with Gasteiger partial charge in [0, 0.05) is 6.04 Å². The van der Waals surface area contributed by atoms with Gasteiger partial charge >= 0.3 is 0 Å². The molecule has 1 aromatic heterocycles. The van der Waals surface area contributed by atoms with Gasteiger partial charge in [-0.2, -0.15) is 5.26 Å². The Balaban J connectivity index is 1.92. The second kappa shape index (κ2) is 5.88. The molecule has 0 spiro atoms. The van der Waals surface area contributed by atoms with Gasteiger partial charge in [0.2, 0.25) is 0 Å². The molecule has 1 aromatic carbocycles. The average molecular weight is 281 g/mol. The van der Waals surface area contributed by atoms with Crippen LogP contribution in [0.3, 0.4) is 0 Å². The van der Waals surface area contributed by atoms with Gasteiger partial charge in [-0.3, -0.25) is 0 Å². The van der Waals surface area contributed by atoms with Crippen molar-refractivity contribution in [3.8, 4) is 11.8 Å². The maximum absolute atomic E-state index is 9.37. The molecule has 1 aliphatic rings. The summed E-state index contributed by atoms with van der Waals surface area (Å²) in [6.45, 7) is 0. The van der Waals surface area contributed by atoms with Crippen LogP contribution in [0.25, 0.3) is 5.69 Å². The van der Waals surface area contributed by atoms with E-state index in [2.05, 4.69) is 16.5 Å². The lowest BCUT2D eigenvalue weighted by atomic mass is 9.95. The zero-order valence-electron chi connectivity index (χ0n) is 11.9. The molecule has 2 aromatic rings. The summed E-state index contributed by atoms with van der Waals surface area (Å²) in [5, 5.41) is 17.3. The van der Waals surface area contributed by atoms with Crippen LogP contribution in [-0.2, 0) is 0 Å². The van der Waals surface area contributed by atoms with E-state index in [0.717, 1.165) is 18.5 Å². The minimum atomic E-state index is 0.391. The topological polar surface area (TPSA) is 79.7 Å². The number of nitrogen functional groups attached to an aromatic ring is 1. The minimum Gasteiger partial charge on any atom is -0.382 e. The Morgan fingerprint density at radius 2 is 1.90 bits per heavy atom. The Hall–Kier alpha value is -2.48. The fourth-order valence-corrected chi connectivity index (χ4v) is 2.85. The van der Waals surface area contributed by atoms with E-state index in [4.69, 9.17) is 5.73 Å². The van der Waals surface area contributed by atoms with E-state index in [9.17, 15) is 5.26 Å². The molecule has 1 heterocycles. The highest BCUT2D eigenvalue weighted by molar-refractivity contribution is 5.66. The molecule has 0 aliphatic heterocycles. The number of nitrogens with two attached hydrogens (primary N) is 1. The number of benzene rings is 1. The predicted molar refractivity (Wildman–Crippen MR) is 83.2 cm³/mol. The molecule has 1 fully saturated rings. The average Bonchev–Trinajstić information content (AvgIpc) is 2.85. The number of nitrogens with zero attached hydrogens (tertiary/aromatic N) is 3. The van der Waals surface area contributed by atoms with E-state index in [1.165, 1.54) is 19.3 Å². The van der Waals surface area contributed by atoms with Crippen LogP contribution in [0, 0.1) is 11.3 Å². The predicted octanol–water partition coefficient (Wildman–Crippen LogP) is 3.07. The molecule has 108 valence electrons. The van der Waals surface area contributed by atoms with Crippen LogP contribution in [0.5, 0.6) is 0 Å². The van der Waals surface area contributed by atoms with Crippen molar-refractivity contribution in [1.82, 2.24) is 9.78 Å². The molecular weight excluding hydrogens is 262 g/mol. The number of hydrogen-bond donors (Lipinski definition) is 2. The van der Waals surface area contributed by atoms with Crippen LogP contribution >= 0.6 is 0 Å². The number of rotatable bonds is 3. The third-order valence-corrected chi connectivity index (χ3v) is 3.98. The highest BCUT2D eigenvalue weighted by atomic mass is 15.3. The standard InChI is InChI=1S/C16H19N5/c17-11-14-15(18)21(13-9-5-2-6-10-13)20-16(14)19-12-7-3-1-4-8-12/h2,5-6,9-10,12H,1,3-4,7-8,18H2,(H,19,20). The van der Waals surface area contributed by atoms with Crippen molar-refractivity contribution in [2.24, 2.45) is 0 Å². The van der Waals surface area contributed by atoms with Crippen molar-refractivity contribution in [1.29, 1.82) is 5.26 Å². The van der Waals surface area contributed by atoms with Crippen LogP contribution in [-0.4, -0.2) is 15.8 Å². The highest BCUT2D eigenvalue weighted by Gasteiger charge is 2.20. The molecule has 1 aliphatic carbocycles. The van der Waals surface area contributed by atoms with E-state index in [1.54, 1.807) is 4.68 Å². The van der Waals surface area contributed by atoms with Crippen LogP contribution < -0.4 is 11.1 Å². The number of aromatic nitrogens is 2. The first-order chi connectivity index (χ1) is 10.3. The summed E-state index contributed by atoms with van der Waals surface area (Å²) >= 11 is 0. The molecule has 0 radical (unpaired) electrons. The van der Waals surface area contributed by atoms with Gasteiger partial charge in [-0.25, -0.2) is 4.68 Å². The normalized spacial score (nSPS) is 15.6. The number of nitrogens with one attached hydrogen (secondary N) is 1. The van der Waals surface area contributed by atoms with Gasteiger partial charge in [0.05, 0.1) is 5.69 Å². The smallest absolute Gasteiger partial charge is 0.168 e. The molecule has 0 unspecified atom stereocenters. The fourth-order valence-electron chi connectivity index (χ4n) is 2.85. The lowest BCUT2D eigenvalue weighted by Gasteiger charge is -2.22. The Labute approximate surface area is 124 Å².